The molecule has 0 saturated heterocycles. The average molecular weight is 422 g/mol. The lowest BCUT2D eigenvalue weighted by molar-refractivity contribution is -0.119. The zero-order chi connectivity index (χ0) is 21.4. The van der Waals surface area contributed by atoms with Crippen LogP contribution in [-0.2, 0) is 9.53 Å². The van der Waals surface area contributed by atoms with Crippen LogP contribution in [0.1, 0.15) is 38.3 Å². The Morgan fingerprint density at radius 1 is 1.16 bits per heavy atom. The first kappa shape index (κ1) is 19.6. The summed E-state index contributed by atoms with van der Waals surface area (Å²) in [5, 5.41) is 6.61. The molecule has 1 fully saturated rings. The molecule has 3 aromatic rings. The van der Waals surface area contributed by atoms with E-state index in [0.29, 0.717) is 11.9 Å². The summed E-state index contributed by atoms with van der Waals surface area (Å²) in [4.78, 5) is 20.4. The number of nitrogens with one attached hydrogen (secondary N) is 3. The van der Waals surface area contributed by atoms with Crippen LogP contribution in [0.2, 0.25) is 0 Å². The van der Waals surface area contributed by atoms with Gasteiger partial charge < -0.3 is 14.5 Å². The Bertz CT molecular complexity index is 1120. The van der Waals surface area contributed by atoms with E-state index >= 15 is 0 Å². The number of imidazole rings is 1. The van der Waals surface area contributed by atoms with Crippen LogP contribution in [0.5, 0.6) is 0 Å². The van der Waals surface area contributed by atoms with Crippen molar-refractivity contribution in [2.45, 2.75) is 51.0 Å². The molecule has 1 saturated carbocycles. The summed E-state index contributed by atoms with van der Waals surface area (Å²) in [6.07, 6.45) is 11.4. The first-order chi connectivity index (χ1) is 15.1. The van der Waals surface area contributed by atoms with E-state index in [2.05, 4.69) is 39.4 Å². The minimum absolute atomic E-state index is 0.0443. The van der Waals surface area contributed by atoms with Gasteiger partial charge in [0.1, 0.15) is 11.3 Å². The van der Waals surface area contributed by atoms with Gasteiger partial charge in [-0.05, 0) is 43.9 Å². The number of fused-ring (bicyclic) bond motifs is 2. The van der Waals surface area contributed by atoms with Crippen LogP contribution < -0.4 is 16.1 Å². The van der Waals surface area contributed by atoms with Crippen LogP contribution >= 0.6 is 0 Å². The highest BCUT2D eigenvalue weighted by Crippen LogP contribution is 2.28. The second-order valence-corrected chi connectivity index (χ2v) is 8.14. The van der Waals surface area contributed by atoms with Crippen molar-refractivity contribution in [1.29, 1.82) is 0 Å². The highest BCUT2D eigenvalue weighted by molar-refractivity contribution is 6.00. The quantitative estimate of drug-likeness (QED) is 0.599. The average Bonchev–Trinajstić information content (AvgIpc) is 3.40. The fourth-order valence-electron chi connectivity index (χ4n) is 4.55. The van der Waals surface area contributed by atoms with Crippen LogP contribution in [0.15, 0.2) is 48.0 Å². The van der Waals surface area contributed by atoms with Crippen LogP contribution in [0.25, 0.3) is 16.8 Å². The van der Waals surface area contributed by atoms with Crippen LogP contribution in [-0.4, -0.2) is 51.3 Å². The molecule has 1 unspecified atom stereocenters. The predicted molar refractivity (Wildman–Crippen MR) is 118 cm³/mol. The molecular formula is C22H27N7O2. The Morgan fingerprint density at radius 2 is 1.97 bits per heavy atom. The van der Waals surface area contributed by atoms with E-state index in [0.717, 1.165) is 48.2 Å². The number of pyridine rings is 1. The number of hydrogen-bond acceptors (Lipinski definition) is 6. The number of ether oxygens (including phenoxy) is 1. The van der Waals surface area contributed by atoms with Crippen molar-refractivity contribution in [1.82, 2.24) is 24.7 Å². The first-order valence-electron chi connectivity index (χ1n) is 10.7. The van der Waals surface area contributed by atoms with Gasteiger partial charge in [-0.25, -0.2) is 9.98 Å². The SMILES string of the molecule is COC1=NC(NC2CCC(NC(C)=O)CC2)Nn2ccc(-c3ccc4nccn4c3)c21. The van der Waals surface area contributed by atoms with E-state index in [1.807, 2.05) is 27.5 Å². The molecule has 4 heterocycles. The fraction of sp³-hybridized carbons (Fsp3) is 0.409. The highest BCUT2D eigenvalue weighted by Gasteiger charge is 2.28. The summed E-state index contributed by atoms with van der Waals surface area (Å²) in [7, 11) is 1.65. The maximum atomic E-state index is 11.3. The smallest absolute Gasteiger partial charge is 0.238 e. The van der Waals surface area contributed by atoms with Gasteiger partial charge in [0.15, 0.2) is 6.29 Å². The van der Waals surface area contributed by atoms with Crippen molar-refractivity contribution in [2.24, 2.45) is 4.99 Å². The van der Waals surface area contributed by atoms with Gasteiger partial charge in [0, 0.05) is 54.9 Å². The molecule has 3 N–H and O–H groups in total. The summed E-state index contributed by atoms with van der Waals surface area (Å²) in [6.45, 7) is 1.58. The van der Waals surface area contributed by atoms with Gasteiger partial charge in [-0.15, -0.1) is 0 Å². The Labute approximate surface area is 180 Å². The normalized spacial score (nSPS) is 23.0. The molecule has 1 amide bonds. The monoisotopic (exact) mass is 421 g/mol. The minimum Gasteiger partial charge on any atom is -0.480 e. The predicted octanol–water partition coefficient (Wildman–Crippen LogP) is 2.07. The zero-order valence-electron chi connectivity index (χ0n) is 17.7. The summed E-state index contributed by atoms with van der Waals surface area (Å²) in [6, 6.07) is 6.74. The van der Waals surface area contributed by atoms with E-state index in [1.54, 1.807) is 20.2 Å². The standard InChI is InChI=1S/C22H27N7O2/c1-14(30)24-16-4-6-17(7-5-16)25-22-26-21(31-2)20-18(9-11-29(20)27-22)15-3-8-19-23-10-12-28(19)13-15/h3,8-13,16-17,22,25,27H,4-7H2,1-2H3,(H,24,30). The molecule has 1 atom stereocenters. The number of carbonyl (C=O) groups is 1. The van der Waals surface area contributed by atoms with Gasteiger partial charge in [-0.3, -0.25) is 20.2 Å². The molecular weight excluding hydrogens is 394 g/mol. The van der Waals surface area contributed by atoms with Crippen molar-refractivity contribution in [3.63, 3.8) is 0 Å². The largest absolute Gasteiger partial charge is 0.480 e. The Balaban J connectivity index is 1.32. The number of hydrogen-bond donors (Lipinski definition) is 3. The number of amides is 1. The van der Waals surface area contributed by atoms with Gasteiger partial charge in [-0.1, -0.05) is 0 Å². The Morgan fingerprint density at radius 3 is 2.74 bits per heavy atom. The lowest BCUT2D eigenvalue weighted by Crippen LogP contribution is -2.50. The Hall–Kier alpha value is -3.33. The van der Waals surface area contributed by atoms with Gasteiger partial charge >= 0.3 is 0 Å². The summed E-state index contributed by atoms with van der Waals surface area (Å²) in [5.74, 6) is 0.636. The first-order valence-corrected chi connectivity index (χ1v) is 10.7. The second-order valence-electron chi connectivity index (χ2n) is 8.14. The highest BCUT2D eigenvalue weighted by atomic mass is 16.5. The van der Waals surface area contributed by atoms with Crippen LogP contribution in [0.4, 0.5) is 0 Å². The molecule has 0 bridgehead atoms. The third kappa shape index (κ3) is 3.88. The van der Waals surface area contributed by atoms with Gasteiger partial charge in [0.25, 0.3) is 0 Å². The van der Waals surface area contributed by atoms with E-state index in [-0.39, 0.29) is 18.2 Å². The summed E-state index contributed by atoms with van der Waals surface area (Å²) < 4.78 is 9.65. The number of nitrogens with zero attached hydrogens (tertiary/aromatic N) is 4. The van der Waals surface area contributed by atoms with E-state index in [4.69, 9.17) is 9.73 Å². The molecule has 0 aromatic carbocycles. The Kier molecular flexibility index (Phi) is 5.11. The molecule has 31 heavy (non-hydrogen) atoms. The van der Waals surface area contributed by atoms with Gasteiger partial charge in [-0.2, -0.15) is 0 Å². The number of carbonyl (C=O) groups excluding carboxylic acids is 1. The van der Waals surface area contributed by atoms with E-state index in [9.17, 15) is 4.79 Å². The lowest BCUT2D eigenvalue weighted by Gasteiger charge is -2.33. The molecule has 0 radical (unpaired) electrons. The molecule has 1 aliphatic heterocycles. The van der Waals surface area contributed by atoms with E-state index in [1.165, 1.54) is 0 Å². The second kappa shape index (κ2) is 8.07. The van der Waals surface area contributed by atoms with Crippen LogP contribution in [0.3, 0.4) is 0 Å². The molecule has 3 aromatic heterocycles. The number of aliphatic imine (C=N–C) groups is 1. The summed E-state index contributed by atoms with van der Waals surface area (Å²) in [5.41, 5.74) is 7.33. The molecule has 9 nitrogen and oxygen atoms in total. The lowest BCUT2D eigenvalue weighted by atomic mass is 9.91. The molecule has 162 valence electrons. The molecule has 1 aliphatic carbocycles. The van der Waals surface area contributed by atoms with Crippen LogP contribution in [0, 0.1) is 0 Å². The van der Waals surface area contributed by atoms with Gasteiger partial charge in [0.2, 0.25) is 11.8 Å². The van der Waals surface area contributed by atoms with E-state index < -0.39 is 0 Å². The fourth-order valence-corrected chi connectivity index (χ4v) is 4.55. The van der Waals surface area contributed by atoms with Gasteiger partial charge in [0.05, 0.1) is 7.11 Å². The molecule has 5 rings (SSSR count). The molecule has 2 aliphatic rings. The number of rotatable bonds is 4. The van der Waals surface area contributed by atoms with Crippen molar-refractivity contribution >= 4 is 17.5 Å². The zero-order valence-corrected chi connectivity index (χ0v) is 17.7. The third-order valence-corrected chi connectivity index (χ3v) is 6.02. The minimum atomic E-state index is -0.277. The maximum absolute atomic E-state index is 11.3. The molecule has 9 heteroatoms. The van der Waals surface area contributed by atoms with Crippen molar-refractivity contribution < 1.29 is 9.53 Å². The number of aromatic nitrogens is 3. The summed E-state index contributed by atoms with van der Waals surface area (Å²) >= 11 is 0. The topological polar surface area (TPSA) is 97.0 Å². The number of methoxy groups -OCH3 is 1. The third-order valence-electron chi connectivity index (χ3n) is 6.02. The van der Waals surface area contributed by atoms with Crippen molar-refractivity contribution in [2.75, 3.05) is 12.5 Å². The maximum Gasteiger partial charge on any atom is 0.238 e. The van der Waals surface area contributed by atoms with Crippen molar-refractivity contribution in [3.8, 4) is 11.1 Å². The van der Waals surface area contributed by atoms with Crippen molar-refractivity contribution in [3.05, 3.63) is 48.7 Å². The molecule has 0 spiro atoms.